The summed E-state index contributed by atoms with van der Waals surface area (Å²) in [5.41, 5.74) is 0.629. The normalized spacial score (nSPS) is 11.0. The van der Waals surface area contributed by atoms with E-state index in [1.807, 2.05) is 37.7 Å². The minimum atomic E-state index is -0.123. The lowest BCUT2D eigenvalue weighted by Crippen LogP contribution is -2.27. The molecule has 0 unspecified atom stereocenters. The van der Waals surface area contributed by atoms with Gasteiger partial charge in [-0.3, -0.25) is 4.79 Å². The summed E-state index contributed by atoms with van der Waals surface area (Å²) < 4.78 is 4.60. The number of nitrogens with one attached hydrogen (secondary N) is 1. The first-order chi connectivity index (χ1) is 8.99. The summed E-state index contributed by atoms with van der Waals surface area (Å²) in [5, 5.41) is 10.5. The maximum Gasteiger partial charge on any atom is 0.268 e. The molecule has 0 saturated heterocycles. The molecule has 0 aromatic carbocycles. The van der Waals surface area contributed by atoms with E-state index >= 15 is 0 Å². The van der Waals surface area contributed by atoms with E-state index in [9.17, 15) is 4.79 Å². The third kappa shape index (κ3) is 3.04. The first kappa shape index (κ1) is 13.8. The molecule has 7 heteroatoms. The highest BCUT2D eigenvalue weighted by Gasteiger charge is 2.15. The molecule has 0 spiro atoms. The van der Waals surface area contributed by atoms with Crippen molar-refractivity contribution in [3.63, 3.8) is 0 Å². The number of rotatable bonds is 4. The van der Waals surface area contributed by atoms with Crippen molar-refractivity contribution in [1.82, 2.24) is 24.6 Å². The lowest BCUT2D eigenvalue weighted by atomic mass is 10.3. The second-order valence-corrected chi connectivity index (χ2v) is 5.50. The largest absolute Gasteiger partial charge is 0.343 e. The molecule has 0 saturated carbocycles. The summed E-state index contributed by atoms with van der Waals surface area (Å²) >= 11 is 3.39. The van der Waals surface area contributed by atoms with E-state index in [0.717, 1.165) is 10.3 Å². The molecule has 2 aromatic heterocycles. The molecule has 1 N–H and O–H groups in total. The maximum atomic E-state index is 12.2. The van der Waals surface area contributed by atoms with Crippen LogP contribution >= 0.6 is 15.9 Å². The summed E-state index contributed by atoms with van der Waals surface area (Å²) in [6, 6.07) is 2.04. The number of carbonyl (C=O) groups is 1. The van der Waals surface area contributed by atoms with Gasteiger partial charge in [0.05, 0.1) is 6.54 Å². The highest BCUT2D eigenvalue weighted by molar-refractivity contribution is 9.10. The monoisotopic (exact) mass is 325 g/mol. The molecule has 2 rings (SSSR count). The van der Waals surface area contributed by atoms with Crippen LogP contribution in [0.4, 0.5) is 0 Å². The molecule has 1 amide bonds. The van der Waals surface area contributed by atoms with Crippen LogP contribution in [0.2, 0.25) is 0 Å². The number of carbonyl (C=O) groups excluding carboxylic acids is 1. The fourth-order valence-electron chi connectivity index (χ4n) is 1.77. The fourth-order valence-corrected chi connectivity index (χ4v) is 2.21. The number of nitrogens with zero attached hydrogens (tertiary/aromatic N) is 4. The Kier molecular flexibility index (Phi) is 4.04. The summed E-state index contributed by atoms with van der Waals surface area (Å²) in [6.45, 7) is 4.42. The predicted octanol–water partition coefficient (Wildman–Crippen LogP) is 1.89. The number of halogens is 1. The van der Waals surface area contributed by atoms with Crippen molar-refractivity contribution in [3.8, 4) is 0 Å². The van der Waals surface area contributed by atoms with Crippen LogP contribution in [0.1, 0.15) is 36.2 Å². The van der Waals surface area contributed by atoms with Gasteiger partial charge < -0.3 is 14.5 Å². The quantitative estimate of drug-likeness (QED) is 0.933. The average molecular weight is 326 g/mol. The Bertz CT molecular complexity index is 587. The Hall–Kier alpha value is -1.63. The van der Waals surface area contributed by atoms with Crippen LogP contribution in [0.5, 0.6) is 0 Å². The van der Waals surface area contributed by atoms with Crippen LogP contribution in [0.3, 0.4) is 0 Å². The van der Waals surface area contributed by atoms with Gasteiger partial charge in [0.25, 0.3) is 5.91 Å². The van der Waals surface area contributed by atoms with Crippen LogP contribution in [0.25, 0.3) is 0 Å². The van der Waals surface area contributed by atoms with Gasteiger partial charge in [-0.15, -0.1) is 10.2 Å². The Labute approximate surface area is 120 Å². The standard InChI is InChI=1S/C12H16BrN5O/c1-8(2)18-6-9(13)4-10(18)12(19)14-5-11-16-15-7-17(11)3/h4,6-8H,5H2,1-3H3,(H,14,19). The molecule has 0 fully saturated rings. The molecule has 6 nitrogen and oxygen atoms in total. The van der Waals surface area contributed by atoms with E-state index in [2.05, 4.69) is 31.4 Å². The Balaban J connectivity index is 2.10. The second-order valence-electron chi connectivity index (χ2n) is 4.59. The smallest absolute Gasteiger partial charge is 0.268 e. The molecule has 0 aliphatic carbocycles. The molecule has 0 aliphatic heterocycles. The highest BCUT2D eigenvalue weighted by Crippen LogP contribution is 2.19. The van der Waals surface area contributed by atoms with Crippen molar-refractivity contribution < 1.29 is 4.79 Å². The Morgan fingerprint density at radius 2 is 2.26 bits per heavy atom. The lowest BCUT2D eigenvalue weighted by molar-refractivity contribution is 0.0939. The van der Waals surface area contributed by atoms with Gasteiger partial charge in [0.1, 0.15) is 12.0 Å². The van der Waals surface area contributed by atoms with E-state index in [0.29, 0.717) is 12.2 Å². The third-order valence-corrected chi connectivity index (χ3v) is 3.25. The topological polar surface area (TPSA) is 64.7 Å². The minimum absolute atomic E-state index is 0.123. The van der Waals surface area contributed by atoms with Gasteiger partial charge in [-0.2, -0.15) is 0 Å². The van der Waals surface area contributed by atoms with Crippen LogP contribution in [0, 0.1) is 0 Å². The molecular weight excluding hydrogens is 310 g/mol. The second kappa shape index (κ2) is 5.56. The highest BCUT2D eigenvalue weighted by atomic mass is 79.9. The number of amides is 1. The van der Waals surface area contributed by atoms with Gasteiger partial charge in [-0.1, -0.05) is 0 Å². The van der Waals surface area contributed by atoms with Gasteiger partial charge in [-0.25, -0.2) is 0 Å². The van der Waals surface area contributed by atoms with E-state index < -0.39 is 0 Å². The van der Waals surface area contributed by atoms with Gasteiger partial charge >= 0.3 is 0 Å². The molecule has 0 aliphatic rings. The number of hydrogen-bond donors (Lipinski definition) is 1. The van der Waals surface area contributed by atoms with E-state index in [-0.39, 0.29) is 11.9 Å². The molecule has 2 heterocycles. The van der Waals surface area contributed by atoms with E-state index in [4.69, 9.17) is 0 Å². The summed E-state index contributed by atoms with van der Waals surface area (Å²) in [4.78, 5) is 12.2. The average Bonchev–Trinajstić information content (AvgIpc) is 2.92. The number of hydrogen-bond acceptors (Lipinski definition) is 3. The maximum absolute atomic E-state index is 12.2. The minimum Gasteiger partial charge on any atom is -0.343 e. The van der Waals surface area contributed by atoms with Crippen molar-refractivity contribution in [1.29, 1.82) is 0 Å². The zero-order valence-electron chi connectivity index (χ0n) is 11.1. The molecule has 102 valence electrons. The van der Waals surface area contributed by atoms with Crippen molar-refractivity contribution >= 4 is 21.8 Å². The molecular formula is C12H16BrN5O. The van der Waals surface area contributed by atoms with Crippen molar-refractivity contribution in [2.45, 2.75) is 26.4 Å². The lowest BCUT2D eigenvalue weighted by Gasteiger charge is -2.12. The van der Waals surface area contributed by atoms with Crippen LogP contribution in [-0.4, -0.2) is 25.2 Å². The van der Waals surface area contributed by atoms with Crippen LogP contribution in [-0.2, 0) is 13.6 Å². The van der Waals surface area contributed by atoms with Crippen LogP contribution in [0.15, 0.2) is 23.1 Å². The Morgan fingerprint density at radius 1 is 1.53 bits per heavy atom. The molecule has 0 atom stereocenters. The SMILES string of the molecule is CC(C)n1cc(Br)cc1C(=O)NCc1nncn1C. The first-order valence-electron chi connectivity index (χ1n) is 5.97. The molecule has 0 radical (unpaired) electrons. The van der Waals surface area contributed by atoms with Crippen LogP contribution < -0.4 is 5.32 Å². The summed E-state index contributed by atoms with van der Waals surface area (Å²) in [7, 11) is 1.84. The Morgan fingerprint density at radius 3 is 2.84 bits per heavy atom. The van der Waals surface area contributed by atoms with Crippen molar-refractivity contribution in [3.05, 3.63) is 34.6 Å². The van der Waals surface area contributed by atoms with Crippen molar-refractivity contribution in [2.75, 3.05) is 0 Å². The summed E-state index contributed by atoms with van der Waals surface area (Å²) in [6.07, 6.45) is 3.51. The van der Waals surface area contributed by atoms with E-state index in [1.165, 1.54) is 0 Å². The summed E-state index contributed by atoms with van der Waals surface area (Å²) in [5.74, 6) is 0.595. The number of aromatic nitrogens is 4. The van der Waals surface area contributed by atoms with E-state index in [1.54, 1.807) is 10.9 Å². The molecule has 2 aromatic rings. The zero-order valence-corrected chi connectivity index (χ0v) is 12.7. The molecule has 0 bridgehead atoms. The van der Waals surface area contributed by atoms with Gasteiger partial charge in [-0.05, 0) is 35.8 Å². The third-order valence-electron chi connectivity index (χ3n) is 2.82. The number of aryl methyl sites for hydroxylation is 1. The predicted molar refractivity (Wildman–Crippen MR) is 74.7 cm³/mol. The van der Waals surface area contributed by atoms with Crippen molar-refractivity contribution in [2.24, 2.45) is 7.05 Å². The van der Waals surface area contributed by atoms with Gasteiger partial charge in [0, 0.05) is 23.8 Å². The van der Waals surface area contributed by atoms with Gasteiger partial charge in [0.2, 0.25) is 0 Å². The zero-order chi connectivity index (χ0) is 14.0. The molecule has 19 heavy (non-hydrogen) atoms. The fraction of sp³-hybridized carbons (Fsp3) is 0.417. The van der Waals surface area contributed by atoms with Gasteiger partial charge in [0.15, 0.2) is 5.82 Å². The first-order valence-corrected chi connectivity index (χ1v) is 6.76.